The highest BCUT2D eigenvalue weighted by Gasteiger charge is 2.16. The van der Waals surface area contributed by atoms with Crippen molar-refractivity contribution in [3.63, 3.8) is 0 Å². The van der Waals surface area contributed by atoms with Crippen LogP contribution in [-0.2, 0) is 0 Å². The molecule has 0 aliphatic rings. The van der Waals surface area contributed by atoms with Crippen molar-refractivity contribution in [3.05, 3.63) is 59.8 Å². The van der Waals surface area contributed by atoms with E-state index in [4.69, 9.17) is 0 Å². The first-order valence-corrected chi connectivity index (χ1v) is 7.08. The minimum absolute atomic E-state index is 0.107. The largest absolute Gasteiger partial charge is 0.321 e. The minimum atomic E-state index is -2.76. The molecule has 8 heteroatoms. The quantitative estimate of drug-likeness (QED) is 0.769. The van der Waals surface area contributed by atoms with Crippen LogP contribution in [0.2, 0.25) is 0 Å². The number of H-pyrrole nitrogens is 1. The molecule has 0 saturated carbocycles. The average molecular weight is 329 g/mol. The monoisotopic (exact) mass is 329 g/mol. The van der Waals surface area contributed by atoms with Gasteiger partial charge in [-0.05, 0) is 31.2 Å². The van der Waals surface area contributed by atoms with Crippen molar-refractivity contribution < 1.29 is 13.6 Å². The van der Waals surface area contributed by atoms with E-state index in [2.05, 4.69) is 25.5 Å². The lowest BCUT2D eigenvalue weighted by Gasteiger charge is -2.08. The normalized spacial score (nSPS) is 10.8. The van der Waals surface area contributed by atoms with Crippen molar-refractivity contribution in [3.8, 4) is 11.3 Å². The molecule has 0 aliphatic heterocycles. The fourth-order valence-electron chi connectivity index (χ4n) is 2.20. The molecule has 122 valence electrons. The van der Waals surface area contributed by atoms with Crippen molar-refractivity contribution in [2.75, 3.05) is 5.32 Å². The number of rotatable bonds is 4. The molecule has 1 aromatic carbocycles. The third-order valence-electron chi connectivity index (χ3n) is 3.25. The lowest BCUT2D eigenvalue weighted by atomic mass is 10.1. The van der Waals surface area contributed by atoms with E-state index in [-0.39, 0.29) is 11.5 Å². The standard InChI is InChI=1S/C16H13F2N5O/c1-9-20-13(15(17)18)8-14(21-9)16(24)22-11-4-2-3-10(7-11)12-5-6-19-23-12/h2-8,15H,1H3,(H,19,23)(H,22,24). The minimum Gasteiger partial charge on any atom is -0.321 e. The van der Waals surface area contributed by atoms with Gasteiger partial charge in [0, 0.05) is 17.4 Å². The van der Waals surface area contributed by atoms with Gasteiger partial charge in [0.1, 0.15) is 17.2 Å². The number of anilines is 1. The summed E-state index contributed by atoms with van der Waals surface area (Å²) in [6.07, 6.45) is -1.14. The van der Waals surface area contributed by atoms with Crippen LogP contribution in [0.4, 0.5) is 14.5 Å². The predicted molar refractivity (Wildman–Crippen MR) is 83.7 cm³/mol. The number of halogens is 2. The number of nitrogens with one attached hydrogen (secondary N) is 2. The molecular formula is C16H13F2N5O. The molecule has 3 rings (SSSR count). The summed E-state index contributed by atoms with van der Waals surface area (Å²) < 4.78 is 25.6. The number of amides is 1. The highest BCUT2D eigenvalue weighted by atomic mass is 19.3. The number of aryl methyl sites for hydroxylation is 1. The molecular weight excluding hydrogens is 316 g/mol. The molecule has 3 aromatic rings. The Morgan fingerprint density at radius 3 is 2.75 bits per heavy atom. The second kappa shape index (κ2) is 6.53. The number of alkyl halides is 2. The first kappa shape index (κ1) is 15.7. The fraction of sp³-hybridized carbons (Fsp3) is 0.125. The number of aromatic amines is 1. The van der Waals surface area contributed by atoms with Crippen LogP contribution >= 0.6 is 0 Å². The van der Waals surface area contributed by atoms with Crippen LogP contribution < -0.4 is 5.32 Å². The van der Waals surface area contributed by atoms with Gasteiger partial charge in [-0.1, -0.05) is 12.1 Å². The number of benzene rings is 1. The Morgan fingerprint density at radius 1 is 1.21 bits per heavy atom. The predicted octanol–water partition coefficient (Wildman–Crippen LogP) is 3.37. The summed E-state index contributed by atoms with van der Waals surface area (Å²) in [5.74, 6) is -0.465. The molecule has 0 bridgehead atoms. The van der Waals surface area contributed by atoms with E-state index in [1.54, 1.807) is 30.5 Å². The summed E-state index contributed by atoms with van der Waals surface area (Å²) in [4.78, 5) is 19.8. The van der Waals surface area contributed by atoms with E-state index in [0.717, 1.165) is 17.3 Å². The Labute approximate surface area is 136 Å². The summed E-state index contributed by atoms with van der Waals surface area (Å²) in [7, 11) is 0. The van der Waals surface area contributed by atoms with Gasteiger partial charge in [0.2, 0.25) is 0 Å². The number of hydrogen-bond donors (Lipinski definition) is 2. The maximum atomic E-state index is 12.8. The highest BCUT2D eigenvalue weighted by Crippen LogP contribution is 2.21. The van der Waals surface area contributed by atoms with Crippen LogP contribution in [0, 0.1) is 6.92 Å². The first-order valence-electron chi connectivity index (χ1n) is 7.08. The van der Waals surface area contributed by atoms with Crippen LogP contribution in [0.1, 0.15) is 28.4 Å². The lowest BCUT2D eigenvalue weighted by molar-refractivity contribution is 0.102. The van der Waals surface area contributed by atoms with E-state index in [1.165, 1.54) is 6.92 Å². The zero-order valence-electron chi connectivity index (χ0n) is 12.6. The van der Waals surface area contributed by atoms with Gasteiger partial charge in [0.25, 0.3) is 12.3 Å². The molecule has 6 nitrogen and oxygen atoms in total. The van der Waals surface area contributed by atoms with Gasteiger partial charge >= 0.3 is 0 Å². The lowest BCUT2D eigenvalue weighted by Crippen LogP contribution is -2.15. The summed E-state index contributed by atoms with van der Waals surface area (Å²) >= 11 is 0. The molecule has 0 saturated heterocycles. The Kier molecular flexibility index (Phi) is 4.28. The molecule has 0 spiro atoms. The van der Waals surface area contributed by atoms with Gasteiger partial charge in [-0.2, -0.15) is 5.10 Å². The maximum absolute atomic E-state index is 12.8. The van der Waals surface area contributed by atoms with Crippen molar-refractivity contribution in [1.29, 1.82) is 0 Å². The summed E-state index contributed by atoms with van der Waals surface area (Å²) in [6.45, 7) is 1.46. The van der Waals surface area contributed by atoms with Crippen molar-refractivity contribution >= 4 is 11.6 Å². The molecule has 2 heterocycles. The van der Waals surface area contributed by atoms with Gasteiger partial charge < -0.3 is 5.32 Å². The van der Waals surface area contributed by atoms with Crippen molar-refractivity contribution in [2.24, 2.45) is 0 Å². The second-order valence-corrected chi connectivity index (χ2v) is 5.03. The molecule has 2 N–H and O–H groups in total. The SMILES string of the molecule is Cc1nc(C(=O)Nc2cccc(-c3ccn[nH]3)c2)cc(C(F)F)n1. The van der Waals surface area contributed by atoms with E-state index in [0.29, 0.717) is 5.69 Å². The fourth-order valence-corrected chi connectivity index (χ4v) is 2.20. The van der Waals surface area contributed by atoms with E-state index >= 15 is 0 Å². The first-order chi connectivity index (χ1) is 11.5. The Bertz CT molecular complexity index is 865. The zero-order chi connectivity index (χ0) is 17.1. The third kappa shape index (κ3) is 3.43. The van der Waals surface area contributed by atoms with E-state index < -0.39 is 18.0 Å². The molecule has 24 heavy (non-hydrogen) atoms. The van der Waals surface area contributed by atoms with Crippen LogP contribution in [0.5, 0.6) is 0 Å². The van der Waals surface area contributed by atoms with Crippen molar-refractivity contribution in [1.82, 2.24) is 20.2 Å². The van der Waals surface area contributed by atoms with Gasteiger partial charge in [0.15, 0.2) is 0 Å². The van der Waals surface area contributed by atoms with Crippen molar-refractivity contribution in [2.45, 2.75) is 13.3 Å². The van der Waals surface area contributed by atoms with Gasteiger partial charge in [0.05, 0.1) is 5.69 Å². The Morgan fingerprint density at radius 2 is 2.04 bits per heavy atom. The number of aromatic nitrogens is 4. The maximum Gasteiger partial charge on any atom is 0.280 e. The number of carbonyl (C=O) groups excluding carboxylic acids is 1. The molecule has 0 radical (unpaired) electrons. The summed E-state index contributed by atoms with van der Waals surface area (Å²) in [5, 5.41) is 9.34. The average Bonchev–Trinajstić information content (AvgIpc) is 3.09. The van der Waals surface area contributed by atoms with Crippen LogP contribution in [0.15, 0.2) is 42.6 Å². The molecule has 0 fully saturated rings. The van der Waals surface area contributed by atoms with Crippen LogP contribution in [0.25, 0.3) is 11.3 Å². The molecule has 0 aliphatic carbocycles. The van der Waals surface area contributed by atoms with Gasteiger partial charge in [-0.25, -0.2) is 18.7 Å². The van der Waals surface area contributed by atoms with E-state index in [9.17, 15) is 13.6 Å². The number of hydrogen-bond acceptors (Lipinski definition) is 4. The third-order valence-corrected chi connectivity index (χ3v) is 3.25. The number of nitrogens with zero attached hydrogens (tertiary/aromatic N) is 3. The summed E-state index contributed by atoms with van der Waals surface area (Å²) in [6, 6.07) is 9.84. The second-order valence-electron chi connectivity index (χ2n) is 5.03. The number of carbonyl (C=O) groups is 1. The Hall–Kier alpha value is -3.16. The highest BCUT2D eigenvalue weighted by molar-refractivity contribution is 6.03. The van der Waals surface area contributed by atoms with Crippen LogP contribution in [-0.4, -0.2) is 26.1 Å². The topological polar surface area (TPSA) is 83.6 Å². The molecule has 2 aromatic heterocycles. The zero-order valence-corrected chi connectivity index (χ0v) is 12.6. The van der Waals surface area contributed by atoms with Gasteiger partial charge in [-0.3, -0.25) is 9.89 Å². The summed E-state index contributed by atoms with van der Waals surface area (Å²) in [5.41, 5.74) is 1.56. The van der Waals surface area contributed by atoms with Gasteiger partial charge in [-0.15, -0.1) is 0 Å². The van der Waals surface area contributed by atoms with E-state index in [1.807, 2.05) is 6.07 Å². The molecule has 0 atom stereocenters. The smallest absolute Gasteiger partial charge is 0.280 e. The van der Waals surface area contributed by atoms with Crippen LogP contribution in [0.3, 0.4) is 0 Å². The molecule has 0 unspecified atom stereocenters. The Balaban J connectivity index is 1.84. The molecule has 1 amide bonds.